The Bertz CT molecular complexity index is 2580. The van der Waals surface area contributed by atoms with Crippen molar-refractivity contribution in [3.8, 4) is 11.1 Å². The number of hydrogen-bond acceptors (Lipinski definition) is 2. The maximum atomic E-state index is 15.1. The second-order valence-electron chi connectivity index (χ2n) is 11.5. The van der Waals surface area contributed by atoms with E-state index in [1.54, 1.807) is 0 Å². The SMILES string of the molecule is O=P(c1ccccc1)(c1ccccc1)c1ccc2ccc(-c3cccc4c3c3ccccc3c3nc5ccccc5n43)cc2c1. The van der Waals surface area contributed by atoms with Crippen LogP contribution in [0.15, 0.2) is 164 Å². The summed E-state index contributed by atoms with van der Waals surface area (Å²) in [5.74, 6) is 0. The monoisotopic (exact) mass is 594 g/mol. The summed E-state index contributed by atoms with van der Waals surface area (Å²) in [5, 5.41) is 8.18. The van der Waals surface area contributed by atoms with Gasteiger partial charge in [-0.15, -0.1) is 0 Å². The lowest BCUT2D eigenvalue weighted by Crippen LogP contribution is -2.24. The zero-order valence-electron chi connectivity index (χ0n) is 24.3. The van der Waals surface area contributed by atoms with Crippen molar-refractivity contribution in [1.29, 1.82) is 0 Å². The molecule has 4 heteroatoms. The smallest absolute Gasteiger partial charge is 0.171 e. The molecule has 212 valence electrons. The van der Waals surface area contributed by atoms with Crippen molar-refractivity contribution in [3.63, 3.8) is 0 Å². The van der Waals surface area contributed by atoms with E-state index >= 15 is 4.57 Å². The number of pyridine rings is 1. The molecule has 9 aromatic rings. The molecule has 0 saturated carbocycles. The van der Waals surface area contributed by atoms with Gasteiger partial charge in [-0.05, 0) is 57.6 Å². The molecule has 0 atom stereocenters. The maximum Gasteiger partial charge on any atom is 0.171 e. The molecule has 0 aliphatic carbocycles. The van der Waals surface area contributed by atoms with Gasteiger partial charge in [-0.25, -0.2) is 4.98 Å². The van der Waals surface area contributed by atoms with Crippen LogP contribution in [0.25, 0.3) is 60.3 Å². The molecule has 0 unspecified atom stereocenters. The summed E-state index contributed by atoms with van der Waals surface area (Å²) in [5.41, 5.74) is 6.46. The molecular formula is C41H27N2OP. The molecule has 45 heavy (non-hydrogen) atoms. The fraction of sp³-hybridized carbons (Fsp3) is 0. The van der Waals surface area contributed by atoms with Crippen LogP contribution < -0.4 is 15.9 Å². The first-order valence-electron chi connectivity index (χ1n) is 15.2. The molecule has 7 aromatic carbocycles. The van der Waals surface area contributed by atoms with Crippen molar-refractivity contribution in [1.82, 2.24) is 9.38 Å². The summed E-state index contributed by atoms with van der Waals surface area (Å²) in [6, 6.07) is 56.1. The van der Waals surface area contributed by atoms with Crippen LogP contribution in [0, 0.1) is 0 Å². The van der Waals surface area contributed by atoms with E-state index < -0.39 is 7.14 Å². The summed E-state index contributed by atoms with van der Waals surface area (Å²) < 4.78 is 17.4. The second kappa shape index (κ2) is 10.0. The highest BCUT2D eigenvalue weighted by atomic mass is 31.2. The standard InChI is InChI=1S/C41H27N2OP/c44-45(31-12-3-1-4-13-31,32-14-5-2-6-15-32)33-25-24-28-22-23-29(26-30(28)27-33)34-18-11-21-39-40(34)35-16-7-8-17-36(35)41-42-37-19-9-10-20-38(37)43(39)41/h1-27H. The van der Waals surface area contributed by atoms with Crippen LogP contribution in [0.3, 0.4) is 0 Å². The van der Waals surface area contributed by atoms with Crippen LogP contribution >= 0.6 is 7.14 Å². The fourth-order valence-corrected chi connectivity index (χ4v) is 9.60. The Labute approximate surface area is 260 Å². The third-order valence-electron chi connectivity index (χ3n) is 9.02. The minimum absolute atomic E-state index is 0.833. The number of hydrogen-bond donors (Lipinski definition) is 0. The Hall–Kier alpha value is -5.50. The number of rotatable bonds is 4. The van der Waals surface area contributed by atoms with Crippen molar-refractivity contribution in [2.24, 2.45) is 0 Å². The Balaban J connectivity index is 1.31. The summed E-state index contributed by atoms with van der Waals surface area (Å²) in [6.07, 6.45) is 0. The zero-order chi connectivity index (χ0) is 30.0. The van der Waals surface area contributed by atoms with Crippen LogP contribution in [0.1, 0.15) is 0 Å². The Morgan fingerprint density at radius 2 is 1.13 bits per heavy atom. The molecular weight excluding hydrogens is 567 g/mol. The van der Waals surface area contributed by atoms with Gasteiger partial charge in [0.15, 0.2) is 7.14 Å². The first-order chi connectivity index (χ1) is 22.2. The topological polar surface area (TPSA) is 34.4 Å². The van der Waals surface area contributed by atoms with Crippen LogP contribution in [-0.2, 0) is 4.57 Å². The number of nitrogens with zero attached hydrogens (tertiary/aromatic N) is 2. The van der Waals surface area contributed by atoms with Gasteiger partial charge in [-0.1, -0.05) is 133 Å². The van der Waals surface area contributed by atoms with Crippen molar-refractivity contribution >= 4 is 72.2 Å². The Morgan fingerprint density at radius 1 is 0.489 bits per heavy atom. The lowest BCUT2D eigenvalue weighted by atomic mass is 9.94. The van der Waals surface area contributed by atoms with Crippen LogP contribution in [0.5, 0.6) is 0 Å². The quantitative estimate of drug-likeness (QED) is 0.150. The molecule has 0 spiro atoms. The first kappa shape index (κ1) is 25.9. The van der Waals surface area contributed by atoms with Gasteiger partial charge < -0.3 is 4.57 Å². The van der Waals surface area contributed by atoms with Gasteiger partial charge >= 0.3 is 0 Å². The maximum absolute atomic E-state index is 15.1. The summed E-state index contributed by atoms with van der Waals surface area (Å²) >= 11 is 0. The summed E-state index contributed by atoms with van der Waals surface area (Å²) in [7, 11) is -3.09. The zero-order valence-corrected chi connectivity index (χ0v) is 25.2. The lowest BCUT2D eigenvalue weighted by Gasteiger charge is -2.20. The molecule has 2 heterocycles. The van der Waals surface area contributed by atoms with E-state index in [1.165, 1.54) is 10.8 Å². The molecule has 2 aromatic heterocycles. The number of imidazole rings is 1. The van der Waals surface area contributed by atoms with Crippen LogP contribution in [0.2, 0.25) is 0 Å². The fourth-order valence-electron chi connectivity index (χ4n) is 6.92. The Morgan fingerprint density at radius 3 is 1.91 bits per heavy atom. The van der Waals surface area contributed by atoms with Gasteiger partial charge in [0.1, 0.15) is 5.65 Å². The van der Waals surface area contributed by atoms with Crippen molar-refractivity contribution in [2.45, 2.75) is 0 Å². The highest BCUT2D eigenvalue weighted by molar-refractivity contribution is 7.85. The van der Waals surface area contributed by atoms with Crippen molar-refractivity contribution in [3.05, 3.63) is 164 Å². The number of fused-ring (bicyclic) bond motifs is 9. The predicted molar refractivity (Wildman–Crippen MR) is 190 cm³/mol. The second-order valence-corrected chi connectivity index (χ2v) is 14.3. The van der Waals surface area contributed by atoms with Crippen molar-refractivity contribution in [2.75, 3.05) is 0 Å². The number of aromatic nitrogens is 2. The van der Waals surface area contributed by atoms with Gasteiger partial charge in [0, 0.05) is 26.7 Å². The molecule has 0 radical (unpaired) electrons. The van der Waals surface area contributed by atoms with E-state index in [-0.39, 0.29) is 0 Å². The van der Waals surface area contributed by atoms with Crippen molar-refractivity contribution < 1.29 is 4.57 Å². The minimum Gasteiger partial charge on any atom is -0.309 e. The van der Waals surface area contributed by atoms with E-state index in [0.717, 1.165) is 65.4 Å². The number of benzene rings is 7. The highest BCUT2D eigenvalue weighted by Crippen LogP contribution is 2.43. The average molecular weight is 595 g/mol. The van der Waals surface area contributed by atoms with E-state index in [9.17, 15) is 0 Å². The van der Waals surface area contributed by atoms with Gasteiger partial charge in [0.2, 0.25) is 0 Å². The first-order valence-corrected chi connectivity index (χ1v) is 16.9. The van der Waals surface area contributed by atoms with E-state index in [2.05, 4.69) is 95.4 Å². The molecule has 3 nitrogen and oxygen atoms in total. The molecule has 0 amide bonds. The van der Waals surface area contributed by atoms with Gasteiger partial charge in [-0.2, -0.15) is 0 Å². The predicted octanol–water partition coefficient (Wildman–Crippen LogP) is 9.25. The molecule has 0 aliphatic heterocycles. The van der Waals surface area contributed by atoms with Crippen LogP contribution in [-0.4, -0.2) is 9.38 Å². The van der Waals surface area contributed by atoms with E-state index in [0.29, 0.717) is 0 Å². The summed E-state index contributed by atoms with van der Waals surface area (Å²) in [4.78, 5) is 5.06. The largest absolute Gasteiger partial charge is 0.309 e. The number of para-hydroxylation sites is 2. The molecule has 0 bridgehead atoms. The molecule has 0 saturated heterocycles. The minimum atomic E-state index is -3.09. The van der Waals surface area contributed by atoms with E-state index in [4.69, 9.17) is 4.98 Å². The van der Waals surface area contributed by atoms with Crippen LogP contribution in [0.4, 0.5) is 0 Å². The molecule has 0 fully saturated rings. The third-order valence-corrected chi connectivity index (χ3v) is 12.1. The Kier molecular flexibility index (Phi) is 5.78. The third kappa shape index (κ3) is 3.91. The van der Waals surface area contributed by atoms with Gasteiger partial charge in [0.05, 0.1) is 16.6 Å². The van der Waals surface area contributed by atoms with Gasteiger partial charge in [-0.3, -0.25) is 4.40 Å². The van der Waals surface area contributed by atoms with E-state index in [1.807, 2.05) is 72.8 Å². The highest BCUT2D eigenvalue weighted by Gasteiger charge is 2.29. The molecule has 0 N–H and O–H groups in total. The molecule has 0 aliphatic rings. The summed E-state index contributed by atoms with van der Waals surface area (Å²) in [6.45, 7) is 0. The van der Waals surface area contributed by atoms with Gasteiger partial charge in [0.25, 0.3) is 0 Å². The molecule has 9 rings (SSSR count). The average Bonchev–Trinajstić information content (AvgIpc) is 3.52. The lowest BCUT2D eigenvalue weighted by molar-refractivity contribution is 0.592. The normalized spacial score (nSPS) is 12.1.